The molecule has 0 bridgehead atoms. The number of likely N-dealkylation sites (N-methyl/N-ethyl adjacent to an activating group) is 1. The highest BCUT2D eigenvalue weighted by Gasteiger charge is 2.14. The molecule has 1 aromatic heterocycles. The standard InChI is InChI=1S/C19H26N4O2S/c1-13(2)21-18(25)10-23(4)11-19-22-17(12-26-19)16-7-5-15(6-8-16)9-20-14(3)24/h5-8,12-13H,9-11H2,1-4H3,(H,20,24)(H,21,25)/p+1. The van der Waals surface area contributed by atoms with Crippen molar-refractivity contribution in [2.24, 2.45) is 0 Å². The molecule has 1 aromatic carbocycles. The van der Waals surface area contributed by atoms with Crippen LogP contribution in [0.25, 0.3) is 11.3 Å². The van der Waals surface area contributed by atoms with Gasteiger partial charge in [0.25, 0.3) is 5.91 Å². The summed E-state index contributed by atoms with van der Waals surface area (Å²) < 4.78 is 0. The quantitative estimate of drug-likeness (QED) is 0.644. The zero-order valence-corrected chi connectivity index (χ0v) is 16.6. The van der Waals surface area contributed by atoms with E-state index >= 15 is 0 Å². The molecule has 0 aliphatic heterocycles. The van der Waals surface area contributed by atoms with Gasteiger partial charge in [-0.1, -0.05) is 24.3 Å². The molecular formula is C19H27N4O2S+. The molecule has 0 aliphatic rings. The van der Waals surface area contributed by atoms with Crippen molar-refractivity contribution in [2.45, 2.75) is 39.9 Å². The van der Waals surface area contributed by atoms with E-state index in [9.17, 15) is 9.59 Å². The van der Waals surface area contributed by atoms with Crippen LogP contribution < -0.4 is 15.5 Å². The minimum Gasteiger partial charge on any atom is -0.352 e. The molecule has 2 aromatic rings. The van der Waals surface area contributed by atoms with Crippen molar-refractivity contribution in [3.8, 4) is 11.3 Å². The molecule has 3 N–H and O–H groups in total. The smallest absolute Gasteiger partial charge is 0.275 e. The summed E-state index contributed by atoms with van der Waals surface area (Å²) in [7, 11) is 2.00. The Hall–Kier alpha value is -2.25. The first-order valence-electron chi connectivity index (χ1n) is 8.72. The lowest BCUT2D eigenvalue weighted by atomic mass is 10.1. The summed E-state index contributed by atoms with van der Waals surface area (Å²) in [4.78, 5) is 28.6. The monoisotopic (exact) mass is 375 g/mol. The molecule has 1 heterocycles. The van der Waals surface area contributed by atoms with Gasteiger partial charge in [0.15, 0.2) is 6.54 Å². The fourth-order valence-electron chi connectivity index (χ4n) is 2.51. The predicted octanol–water partition coefficient (Wildman–Crippen LogP) is 0.986. The Balaban J connectivity index is 1.92. The summed E-state index contributed by atoms with van der Waals surface area (Å²) in [5, 5.41) is 8.75. The van der Waals surface area contributed by atoms with E-state index in [1.807, 2.05) is 50.5 Å². The first-order chi connectivity index (χ1) is 12.3. The number of carbonyl (C=O) groups is 2. The van der Waals surface area contributed by atoms with Crippen LogP contribution in [0.3, 0.4) is 0 Å². The summed E-state index contributed by atoms with van der Waals surface area (Å²) in [5.74, 6) is 0.0240. The molecule has 0 aliphatic carbocycles. The molecule has 0 saturated heterocycles. The van der Waals surface area contributed by atoms with Crippen molar-refractivity contribution < 1.29 is 14.5 Å². The number of carbonyl (C=O) groups excluding carboxylic acids is 2. The predicted molar refractivity (Wildman–Crippen MR) is 104 cm³/mol. The second-order valence-corrected chi connectivity index (χ2v) is 7.71. The van der Waals surface area contributed by atoms with Gasteiger partial charge < -0.3 is 15.5 Å². The zero-order chi connectivity index (χ0) is 19.1. The molecule has 0 saturated carbocycles. The molecule has 26 heavy (non-hydrogen) atoms. The number of benzene rings is 1. The van der Waals surface area contributed by atoms with Crippen LogP contribution in [0.1, 0.15) is 31.3 Å². The average molecular weight is 376 g/mol. The number of hydrogen-bond acceptors (Lipinski definition) is 4. The lowest BCUT2D eigenvalue weighted by Gasteiger charge is -2.13. The van der Waals surface area contributed by atoms with Crippen LogP contribution in [0.2, 0.25) is 0 Å². The topological polar surface area (TPSA) is 75.5 Å². The Morgan fingerprint density at radius 1 is 1.23 bits per heavy atom. The molecule has 1 atom stereocenters. The van der Waals surface area contributed by atoms with Gasteiger partial charge in [-0.05, 0) is 19.4 Å². The van der Waals surface area contributed by atoms with Crippen LogP contribution in [0.5, 0.6) is 0 Å². The van der Waals surface area contributed by atoms with Gasteiger partial charge in [-0.25, -0.2) is 4.98 Å². The SMILES string of the molecule is CC(=O)NCc1ccc(-c2csc(C[NH+](C)CC(=O)NC(C)C)n2)cc1. The van der Waals surface area contributed by atoms with Gasteiger partial charge in [0.05, 0.1) is 12.7 Å². The Morgan fingerprint density at radius 2 is 1.92 bits per heavy atom. The van der Waals surface area contributed by atoms with Crippen molar-refractivity contribution in [3.63, 3.8) is 0 Å². The van der Waals surface area contributed by atoms with Crippen molar-refractivity contribution >= 4 is 23.2 Å². The minimum atomic E-state index is -0.0353. The van der Waals surface area contributed by atoms with E-state index in [0.717, 1.165) is 33.3 Å². The number of quaternary nitrogens is 1. The number of rotatable bonds is 8. The number of nitrogens with zero attached hydrogens (tertiary/aromatic N) is 1. The van der Waals surface area contributed by atoms with Gasteiger partial charge in [-0.15, -0.1) is 11.3 Å². The van der Waals surface area contributed by atoms with E-state index in [1.165, 1.54) is 6.92 Å². The normalized spacial score (nSPS) is 12.0. The molecule has 2 amide bonds. The number of hydrogen-bond donors (Lipinski definition) is 3. The van der Waals surface area contributed by atoms with E-state index in [-0.39, 0.29) is 17.9 Å². The van der Waals surface area contributed by atoms with Crippen LogP contribution in [0.4, 0.5) is 0 Å². The lowest BCUT2D eigenvalue weighted by Crippen LogP contribution is -3.09. The molecule has 0 radical (unpaired) electrons. The molecule has 7 heteroatoms. The van der Waals surface area contributed by atoms with Crippen molar-refractivity contribution in [2.75, 3.05) is 13.6 Å². The van der Waals surface area contributed by atoms with E-state index in [4.69, 9.17) is 0 Å². The molecule has 1 unspecified atom stereocenters. The van der Waals surface area contributed by atoms with E-state index < -0.39 is 0 Å². The fourth-order valence-corrected chi connectivity index (χ4v) is 3.43. The number of thiazole rings is 1. The van der Waals surface area contributed by atoms with Gasteiger partial charge in [0.1, 0.15) is 11.6 Å². The number of aromatic nitrogens is 1. The molecule has 2 rings (SSSR count). The summed E-state index contributed by atoms with van der Waals surface area (Å²) in [5.41, 5.74) is 3.05. The van der Waals surface area contributed by atoms with E-state index in [2.05, 4.69) is 15.6 Å². The van der Waals surface area contributed by atoms with Crippen molar-refractivity contribution in [1.29, 1.82) is 0 Å². The number of nitrogens with one attached hydrogen (secondary N) is 3. The molecule has 6 nitrogen and oxygen atoms in total. The maximum Gasteiger partial charge on any atom is 0.275 e. The summed E-state index contributed by atoms with van der Waals surface area (Å²) in [6, 6.07) is 8.19. The Labute approximate surface area is 158 Å². The van der Waals surface area contributed by atoms with Crippen LogP contribution in [-0.2, 0) is 22.7 Å². The van der Waals surface area contributed by atoms with E-state index in [0.29, 0.717) is 13.1 Å². The Morgan fingerprint density at radius 3 is 2.54 bits per heavy atom. The van der Waals surface area contributed by atoms with Crippen LogP contribution in [-0.4, -0.2) is 36.4 Å². The Kier molecular flexibility index (Phi) is 7.29. The van der Waals surface area contributed by atoms with Crippen LogP contribution >= 0.6 is 11.3 Å². The van der Waals surface area contributed by atoms with Gasteiger partial charge in [-0.2, -0.15) is 0 Å². The highest BCUT2D eigenvalue weighted by molar-refractivity contribution is 7.09. The highest BCUT2D eigenvalue weighted by atomic mass is 32.1. The van der Waals surface area contributed by atoms with Gasteiger partial charge in [0.2, 0.25) is 5.91 Å². The highest BCUT2D eigenvalue weighted by Crippen LogP contribution is 2.22. The maximum atomic E-state index is 11.8. The third kappa shape index (κ3) is 6.57. The van der Waals surface area contributed by atoms with E-state index in [1.54, 1.807) is 11.3 Å². The molecule has 140 valence electrons. The van der Waals surface area contributed by atoms with Crippen LogP contribution in [0.15, 0.2) is 29.6 Å². The lowest BCUT2D eigenvalue weighted by molar-refractivity contribution is -0.885. The average Bonchev–Trinajstić information content (AvgIpc) is 3.00. The second kappa shape index (κ2) is 9.45. The van der Waals surface area contributed by atoms with Gasteiger partial charge >= 0.3 is 0 Å². The first kappa shape index (κ1) is 20.1. The maximum absolute atomic E-state index is 11.8. The van der Waals surface area contributed by atoms with Gasteiger partial charge in [-0.3, -0.25) is 9.59 Å². The summed E-state index contributed by atoms with van der Waals surface area (Å²) in [6.45, 7) is 7.12. The van der Waals surface area contributed by atoms with Gasteiger partial charge in [0, 0.05) is 30.5 Å². The summed E-state index contributed by atoms with van der Waals surface area (Å²) in [6.07, 6.45) is 0. The molecule has 0 fully saturated rings. The second-order valence-electron chi connectivity index (χ2n) is 6.77. The summed E-state index contributed by atoms with van der Waals surface area (Å²) >= 11 is 1.61. The molecule has 0 spiro atoms. The third-order valence-electron chi connectivity index (χ3n) is 3.71. The Bertz CT molecular complexity index is 740. The van der Waals surface area contributed by atoms with Crippen molar-refractivity contribution in [3.05, 3.63) is 40.2 Å². The van der Waals surface area contributed by atoms with Crippen molar-refractivity contribution in [1.82, 2.24) is 15.6 Å². The fraction of sp³-hybridized carbons (Fsp3) is 0.421. The van der Waals surface area contributed by atoms with Crippen LogP contribution in [0, 0.1) is 0 Å². The zero-order valence-electron chi connectivity index (χ0n) is 15.8. The minimum absolute atomic E-state index is 0.0353. The number of amides is 2. The first-order valence-corrected chi connectivity index (χ1v) is 9.60. The largest absolute Gasteiger partial charge is 0.352 e. The third-order valence-corrected chi connectivity index (χ3v) is 4.56. The molecular weight excluding hydrogens is 348 g/mol.